The topological polar surface area (TPSA) is 84.1 Å². The Kier molecular flexibility index (Phi) is 3.66. The third-order valence-electron chi connectivity index (χ3n) is 3.32. The summed E-state index contributed by atoms with van der Waals surface area (Å²) in [5.74, 6) is 0.763. The Bertz CT molecular complexity index is 756. The van der Waals surface area contributed by atoms with Crippen molar-refractivity contribution >= 4 is 22.4 Å². The Morgan fingerprint density at radius 3 is 2.52 bits per heavy atom. The van der Waals surface area contributed by atoms with Gasteiger partial charge in [-0.3, -0.25) is 0 Å². The first-order chi connectivity index (χ1) is 10.3. The van der Waals surface area contributed by atoms with Gasteiger partial charge < -0.3 is 16.2 Å². The van der Waals surface area contributed by atoms with Gasteiger partial charge in [0.05, 0.1) is 12.1 Å². The molecule has 5 heteroatoms. The van der Waals surface area contributed by atoms with Gasteiger partial charge in [-0.1, -0.05) is 24.3 Å². The predicted octanol–water partition coefficient (Wildman–Crippen LogP) is 2.32. The van der Waals surface area contributed by atoms with Crippen LogP contribution in [0.4, 0.5) is 11.5 Å². The van der Waals surface area contributed by atoms with Crippen LogP contribution in [0.5, 0.6) is 0 Å². The number of fused-ring (bicyclic) bond motifs is 1. The van der Waals surface area contributed by atoms with Crippen LogP contribution in [0.1, 0.15) is 11.1 Å². The van der Waals surface area contributed by atoms with Crippen molar-refractivity contribution in [2.24, 2.45) is 0 Å². The average Bonchev–Trinajstić information content (AvgIpc) is 2.53. The molecule has 0 unspecified atom stereocenters. The summed E-state index contributed by atoms with van der Waals surface area (Å²) in [7, 11) is 0. The number of hydrogen-bond donors (Lipinski definition) is 3. The van der Waals surface area contributed by atoms with Crippen molar-refractivity contribution in [1.82, 2.24) is 9.97 Å². The summed E-state index contributed by atoms with van der Waals surface area (Å²) < 4.78 is 0. The van der Waals surface area contributed by atoms with Crippen molar-refractivity contribution in [2.75, 3.05) is 11.1 Å². The summed E-state index contributed by atoms with van der Waals surface area (Å²) in [5, 5.41) is 13.2. The molecule has 0 fully saturated rings. The van der Waals surface area contributed by atoms with Crippen molar-refractivity contribution in [1.29, 1.82) is 0 Å². The van der Waals surface area contributed by atoms with E-state index >= 15 is 0 Å². The van der Waals surface area contributed by atoms with Crippen molar-refractivity contribution in [3.63, 3.8) is 0 Å². The number of nitrogens with two attached hydrogens (primary N) is 1. The number of nitrogens with one attached hydrogen (secondary N) is 1. The molecule has 0 bridgehead atoms. The van der Waals surface area contributed by atoms with E-state index in [0.29, 0.717) is 12.2 Å². The monoisotopic (exact) mass is 280 g/mol. The fraction of sp³-hybridized carbons (Fsp3) is 0.125. The molecular formula is C16H16N4O. The van der Waals surface area contributed by atoms with Gasteiger partial charge in [0.25, 0.3) is 0 Å². The van der Waals surface area contributed by atoms with Gasteiger partial charge in [0.2, 0.25) is 0 Å². The summed E-state index contributed by atoms with van der Waals surface area (Å²) in [5.41, 5.74) is 9.39. The summed E-state index contributed by atoms with van der Waals surface area (Å²) in [6.45, 7) is 0.705. The van der Waals surface area contributed by atoms with E-state index in [1.54, 1.807) is 0 Å². The predicted molar refractivity (Wildman–Crippen MR) is 83.6 cm³/mol. The van der Waals surface area contributed by atoms with Gasteiger partial charge in [-0.15, -0.1) is 0 Å². The molecule has 0 aliphatic heterocycles. The molecule has 5 nitrogen and oxygen atoms in total. The standard InChI is InChI=1S/C16H16N4O/c17-13-5-6-15-14(7-13)16(20-10-19-15)18-8-11-1-3-12(9-21)4-2-11/h1-7,10,21H,8-9,17H2,(H,18,19,20). The Morgan fingerprint density at radius 2 is 1.76 bits per heavy atom. The van der Waals surface area contributed by atoms with Gasteiger partial charge in [0, 0.05) is 17.6 Å². The van der Waals surface area contributed by atoms with Crippen LogP contribution in [0, 0.1) is 0 Å². The van der Waals surface area contributed by atoms with Crippen molar-refractivity contribution in [3.05, 3.63) is 59.9 Å². The zero-order chi connectivity index (χ0) is 14.7. The maximum absolute atomic E-state index is 9.04. The molecule has 106 valence electrons. The minimum Gasteiger partial charge on any atom is -0.399 e. The summed E-state index contributed by atoms with van der Waals surface area (Å²) in [6.07, 6.45) is 1.54. The highest BCUT2D eigenvalue weighted by atomic mass is 16.3. The Hall–Kier alpha value is -2.66. The van der Waals surface area contributed by atoms with Gasteiger partial charge in [-0.05, 0) is 29.3 Å². The lowest BCUT2D eigenvalue weighted by molar-refractivity contribution is 0.282. The molecule has 2 aromatic carbocycles. The number of aliphatic hydroxyl groups is 1. The van der Waals surface area contributed by atoms with Crippen LogP contribution >= 0.6 is 0 Å². The molecular weight excluding hydrogens is 264 g/mol. The van der Waals surface area contributed by atoms with Crippen LogP contribution in [-0.4, -0.2) is 15.1 Å². The van der Waals surface area contributed by atoms with Crippen molar-refractivity contribution in [3.8, 4) is 0 Å². The lowest BCUT2D eigenvalue weighted by Gasteiger charge is -2.09. The molecule has 0 amide bonds. The molecule has 21 heavy (non-hydrogen) atoms. The van der Waals surface area contributed by atoms with Crippen LogP contribution in [0.25, 0.3) is 10.9 Å². The normalized spacial score (nSPS) is 10.7. The Labute approximate surface area is 122 Å². The molecule has 3 rings (SSSR count). The highest BCUT2D eigenvalue weighted by Gasteiger charge is 2.04. The molecule has 0 spiro atoms. The smallest absolute Gasteiger partial charge is 0.137 e. The molecule has 3 aromatic rings. The van der Waals surface area contributed by atoms with Crippen molar-refractivity contribution in [2.45, 2.75) is 13.2 Å². The number of hydrogen-bond acceptors (Lipinski definition) is 5. The zero-order valence-electron chi connectivity index (χ0n) is 11.5. The summed E-state index contributed by atoms with van der Waals surface area (Å²) >= 11 is 0. The molecule has 0 aliphatic rings. The largest absolute Gasteiger partial charge is 0.399 e. The molecule has 4 N–H and O–H groups in total. The number of rotatable bonds is 4. The fourth-order valence-electron chi connectivity index (χ4n) is 2.16. The van der Waals surface area contributed by atoms with Gasteiger partial charge in [0.15, 0.2) is 0 Å². The van der Waals surface area contributed by atoms with Gasteiger partial charge in [-0.25, -0.2) is 9.97 Å². The fourth-order valence-corrected chi connectivity index (χ4v) is 2.16. The van der Waals surface area contributed by atoms with E-state index in [9.17, 15) is 0 Å². The lowest BCUT2D eigenvalue weighted by atomic mass is 10.1. The number of aromatic nitrogens is 2. The van der Waals surface area contributed by atoms with E-state index in [1.807, 2.05) is 42.5 Å². The third kappa shape index (κ3) is 2.93. The average molecular weight is 280 g/mol. The minimum absolute atomic E-state index is 0.0591. The molecule has 0 saturated carbocycles. The van der Waals surface area contributed by atoms with Crippen molar-refractivity contribution < 1.29 is 5.11 Å². The van der Waals surface area contributed by atoms with Gasteiger partial charge >= 0.3 is 0 Å². The van der Waals surface area contributed by atoms with E-state index < -0.39 is 0 Å². The maximum atomic E-state index is 9.04. The third-order valence-corrected chi connectivity index (χ3v) is 3.32. The van der Waals surface area contributed by atoms with E-state index in [-0.39, 0.29) is 6.61 Å². The summed E-state index contributed by atoms with van der Waals surface area (Å²) in [6, 6.07) is 13.4. The maximum Gasteiger partial charge on any atom is 0.137 e. The second-order valence-electron chi connectivity index (χ2n) is 4.83. The number of benzene rings is 2. The Morgan fingerprint density at radius 1 is 1.00 bits per heavy atom. The number of nitrogens with zero attached hydrogens (tertiary/aromatic N) is 2. The molecule has 1 heterocycles. The number of nitrogen functional groups attached to an aromatic ring is 1. The first-order valence-electron chi connectivity index (χ1n) is 6.69. The lowest BCUT2D eigenvalue weighted by Crippen LogP contribution is -2.03. The molecule has 0 aliphatic carbocycles. The first kappa shape index (κ1) is 13.3. The quantitative estimate of drug-likeness (QED) is 0.639. The molecule has 0 radical (unpaired) electrons. The molecule has 0 atom stereocenters. The first-order valence-corrected chi connectivity index (χ1v) is 6.69. The number of anilines is 2. The zero-order valence-corrected chi connectivity index (χ0v) is 11.5. The van der Waals surface area contributed by atoms with Crippen LogP contribution in [0.2, 0.25) is 0 Å². The second-order valence-corrected chi connectivity index (χ2v) is 4.83. The Balaban J connectivity index is 1.82. The van der Waals surface area contributed by atoms with E-state index in [4.69, 9.17) is 10.8 Å². The highest BCUT2D eigenvalue weighted by Crippen LogP contribution is 2.22. The van der Waals surface area contributed by atoms with E-state index in [1.165, 1.54) is 6.33 Å². The second kappa shape index (κ2) is 5.76. The van der Waals surface area contributed by atoms with Crippen LogP contribution < -0.4 is 11.1 Å². The van der Waals surface area contributed by atoms with E-state index in [0.717, 1.165) is 27.8 Å². The summed E-state index contributed by atoms with van der Waals surface area (Å²) in [4.78, 5) is 8.51. The van der Waals surface area contributed by atoms with Crippen LogP contribution in [-0.2, 0) is 13.2 Å². The van der Waals surface area contributed by atoms with Gasteiger partial charge in [-0.2, -0.15) is 0 Å². The van der Waals surface area contributed by atoms with E-state index in [2.05, 4.69) is 15.3 Å². The minimum atomic E-state index is 0.0591. The van der Waals surface area contributed by atoms with Crippen LogP contribution in [0.3, 0.4) is 0 Å². The van der Waals surface area contributed by atoms with Gasteiger partial charge in [0.1, 0.15) is 12.1 Å². The SMILES string of the molecule is Nc1ccc2ncnc(NCc3ccc(CO)cc3)c2c1. The highest BCUT2D eigenvalue weighted by molar-refractivity contribution is 5.91. The number of aliphatic hydroxyl groups excluding tert-OH is 1. The molecule has 1 aromatic heterocycles. The van der Waals surface area contributed by atoms with Crippen LogP contribution in [0.15, 0.2) is 48.8 Å². The molecule has 0 saturated heterocycles.